The first-order valence-electron chi connectivity index (χ1n) is 6.62. The number of aromatic amines is 1. The van der Waals surface area contributed by atoms with Crippen LogP contribution in [0.15, 0.2) is 5.38 Å². The summed E-state index contributed by atoms with van der Waals surface area (Å²) >= 11 is 7.17. The van der Waals surface area contributed by atoms with Crippen LogP contribution in [0.25, 0.3) is 11.2 Å². The van der Waals surface area contributed by atoms with Crippen molar-refractivity contribution in [1.82, 2.24) is 24.3 Å². The third kappa shape index (κ3) is 1.92. The summed E-state index contributed by atoms with van der Waals surface area (Å²) in [6, 6.07) is 0.108. The standard InChI is InChI=1S/C13H17N5S2/c1-5-17-12-10(8(3)16-17)15-13(19)18(12)9(4)11-14-7(2)6-20-11/h6,9H,5H2,1-4H3,(H,15,19). The molecule has 5 nitrogen and oxygen atoms in total. The van der Waals surface area contributed by atoms with Crippen LogP contribution in [0, 0.1) is 18.6 Å². The molecule has 0 bridgehead atoms. The van der Waals surface area contributed by atoms with Crippen molar-refractivity contribution in [2.45, 2.75) is 40.3 Å². The summed E-state index contributed by atoms with van der Waals surface area (Å²) in [6.45, 7) is 9.05. The number of rotatable bonds is 3. The lowest BCUT2D eigenvalue weighted by Gasteiger charge is -2.12. The van der Waals surface area contributed by atoms with Crippen molar-refractivity contribution >= 4 is 34.7 Å². The maximum absolute atomic E-state index is 5.50. The molecule has 0 saturated carbocycles. The highest BCUT2D eigenvalue weighted by Crippen LogP contribution is 2.27. The fourth-order valence-electron chi connectivity index (χ4n) is 2.48. The van der Waals surface area contributed by atoms with Gasteiger partial charge < -0.3 is 4.98 Å². The van der Waals surface area contributed by atoms with Gasteiger partial charge in [0.25, 0.3) is 0 Å². The highest BCUT2D eigenvalue weighted by molar-refractivity contribution is 7.71. The van der Waals surface area contributed by atoms with E-state index in [0.29, 0.717) is 0 Å². The van der Waals surface area contributed by atoms with Gasteiger partial charge in [-0.15, -0.1) is 11.3 Å². The second-order valence-electron chi connectivity index (χ2n) is 4.90. The largest absolute Gasteiger partial charge is 0.328 e. The van der Waals surface area contributed by atoms with Crippen molar-refractivity contribution in [3.63, 3.8) is 0 Å². The van der Waals surface area contributed by atoms with Crippen molar-refractivity contribution in [3.8, 4) is 0 Å². The van der Waals surface area contributed by atoms with E-state index in [0.717, 1.165) is 38.9 Å². The van der Waals surface area contributed by atoms with Crippen molar-refractivity contribution in [1.29, 1.82) is 0 Å². The van der Waals surface area contributed by atoms with E-state index in [-0.39, 0.29) is 6.04 Å². The Kier molecular flexibility index (Phi) is 3.25. The number of H-pyrrole nitrogens is 1. The van der Waals surface area contributed by atoms with Gasteiger partial charge in [-0.3, -0.25) is 4.57 Å². The van der Waals surface area contributed by atoms with Crippen molar-refractivity contribution in [2.24, 2.45) is 0 Å². The molecule has 106 valence electrons. The zero-order valence-electron chi connectivity index (χ0n) is 12.0. The summed E-state index contributed by atoms with van der Waals surface area (Å²) in [4.78, 5) is 7.86. The molecule has 0 spiro atoms. The molecule has 0 aromatic carbocycles. The van der Waals surface area contributed by atoms with Gasteiger partial charge in [0.05, 0.1) is 11.7 Å². The minimum Gasteiger partial charge on any atom is -0.328 e. The van der Waals surface area contributed by atoms with E-state index in [4.69, 9.17) is 12.2 Å². The number of nitrogens with one attached hydrogen (secondary N) is 1. The molecule has 1 atom stereocenters. The smallest absolute Gasteiger partial charge is 0.179 e. The Balaban J connectivity index is 2.25. The van der Waals surface area contributed by atoms with Gasteiger partial charge in [0.1, 0.15) is 10.5 Å². The van der Waals surface area contributed by atoms with Crippen LogP contribution in [0.5, 0.6) is 0 Å². The van der Waals surface area contributed by atoms with Crippen molar-refractivity contribution in [3.05, 3.63) is 26.5 Å². The Hall–Kier alpha value is -1.47. The van der Waals surface area contributed by atoms with Crippen LogP contribution < -0.4 is 0 Å². The summed E-state index contributed by atoms with van der Waals surface area (Å²) in [7, 11) is 0. The Morgan fingerprint density at radius 3 is 2.80 bits per heavy atom. The Morgan fingerprint density at radius 2 is 2.20 bits per heavy atom. The van der Waals surface area contributed by atoms with Gasteiger partial charge in [0.15, 0.2) is 10.4 Å². The molecule has 7 heteroatoms. The second-order valence-corrected chi connectivity index (χ2v) is 6.18. The molecule has 20 heavy (non-hydrogen) atoms. The van der Waals surface area contributed by atoms with Gasteiger partial charge in [-0.05, 0) is 39.9 Å². The molecule has 3 aromatic heterocycles. The first kappa shape index (κ1) is 13.5. The minimum absolute atomic E-state index is 0.108. The zero-order chi connectivity index (χ0) is 14.4. The van der Waals surface area contributed by atoms with Crippen LogP contribution in [0.2, 0.25) is 0 Å². The van der Waals surface area contributed by atoms with E-state index in [2.05, 4.69) is 38.9 Å². The summed E-state index contributed by atoms with van der Waals surface area (Å²) in [5.41, 5.74) is 4.11. The Morgan fingerprint density at radius 1 is 1.45 bits per heavy atom. The summed E-state index contributed by atoms with van der Waals surface area (Å²) < 4.78 is 4.84. The predicted octanol–water partition coefficient (Wildman–Crippen LogP) is 3.60. The van der Waals surface area contributed by atoms with E-state index >= 15 is 0 Å². The van der Waals surface area contributed by atoms with Gasteiger partial charge in [-0.2, -0.15) is 5.10 Å². The molecule has 0 fully saturated rings. The fraction of sp³-hybridized carbons (Fsp3) is 0.462. The SMILES string of the molecule is CCn1nc(C)c2[nH]c(=S)n(C(C)c3nc(C)cs3)c21. The van der Waals surface area contributed by atoms with E-state index in [1.54, 1.807) is 11.3 Å². The van der Waals surface area contributed by atoms with E-state index in [1.807, 2.05) is 18.5 Å². The van der Waals surface area contributed by atoms with Crippen LogP contribution in [0.3, 0.4) is 0 Å². The van der Waals surface area contributed by atoms with Crippen molar-refractivity contribution in [2.75, 3.05) is 0 Å². The monoisotopic (exact) mass is 307 g/mol. The van der Waals surface area contributed by atoms with E-state index in [9.17, 15) is 0 Å². The number of nitrogens with zero attached hydrogens (tertiary/aromatic N) is 4. The highest BCUT2D eigenvalue weighted by atomic mass is 32.1. The maximum Gasteiger partial charge on any atom is 0.179 e. The molecule has 0 aliphatic carbocycles. The molecule has 0 radical (unpaired) electrons. The van der Waals surface area contributed by atoms with Gasteiger partial charge in [0.2, 0.25) is 0 Å². The number of fused-ring (bicyclic) bond motifs is 1. The number of imidazole rings is 1. The predicted molar refractivity (Wildman–Crippen MR) is 84.0 cm³/mol. The molecule has 1 N–H and O–H groups in total. The average Bonchev–Trinajstić information content (AvgIpc) is 3.05. The van der Waals surface area contributed by atoms with Gasteiger partial charge >= 0.3 is 0 Å². The summed E-state index contributed by atoms with van der Waals surface area (Å²) in [5, 5.41) is 7.69. The van der Waals surface area contributed by atoms with E-state index < -0.39 is 0 Å². The van der Waals surface area contributed by atoms with Crippen LogP contribution in [0.1, 0.15) is 36.3 Å². The van der Waals surface area contributed by atoms with Crippen molar-refractivity contribution < 1.29 is 0 Å². The maximum atomic E-state index is 5.50. The first-order valence-corrected chi connectivity index (χ1v) is 7.91. The molecule has 0 amide bonds. The molecule has 3 aromatic rings. The molecular weight excluding hydrogens is 290 g/mol. The van der Waals surface area contributed by atoms with Gasteiger partial charge in [-0.1, -0.05) is 0 Å². The third-order valence-corrected chi connectivity index (χ3v) is 4.89. The van der Waals surface area contributed by atoms with Crippen LogP contribution in [-0.4, -0.2) is 24.3 Å². The molecule has 3 heterocycles. The highest BCUT2D eigenvalue weighted by Gasteiger charge is 2.20. The summed E-state index contributed by atoms with van der Waals surface area (Å²) in [5.74, 6) is 0. The molecule has 0 aliphatic heterocycles. The fourth-order valence-corrected chi connectivity index (χ4v) is 3.67. The quantitative estimate of drug-likeness (QED) is 0.752. The van der Waals surface area contributed by atoms with Crippen LogP contribution in [0.4, 0.5) is 0 Å². The number of thiazole rings is 1. The van der Waals surface area contributed by atoms with Crippen LogP contribution >= 0.6 is 23.6 Å². The lowest BCUT2D eigenvalue weighted by atomic mass is 10.3. The lowest BCUT2D eigenvalue weighted by Crippen LogP contribution is -2.10. The average molecular weight is 307 g/mol. The molecule has 0 saturated heterocycles. The topological polar surface area (TPSA) is 51.4 Å². The molecule has 1 unspecified atom stereocenters. The number of aromatic nitrogens is 5. The first-order chi connectivity index (χ1) is 9.52. The second kappa shape index (κ2) is 4.82. The zero-order valence-corrected chi connectivity index (χ0v) is 13.6. The van der Waals surface area contributed by atoms with Gasteiger partial charge in [-0.25, -0.2) is 9.67 Å². The number of hydrogen-bond donors (Lipinski definition) is 1. The number of hydrogen-bond acceptors (Lipinski definition) is 4. The minimum atomic E-state index is 0.108. The third-order valence-electron chi connectivity index (χ3n) is 3.46. The Bertz CT molecular complexity index is 820. The van der Waals surface area contributed by atoms with Crippen LogP contribution in [-0.2, 0) is 6.54 Å². The van der Waals surface area contributed by atoms with Gasteiger partial charge in [0, 0.05) is 17.6 Å². The van der Waals surface area contributed by atoms with E-state index in [1.165, 1.54) is 0 Å². The molecular formula is C13H17N5S2. The Labute approximate surface area is 126 Å². The number of aryl methyl sites for hydroxylation is 3. The normalized spacial score (nSPS) is 13.2. The molecule has 3 rings (SSSR count). The molecule has 0 aliphatic rings. The lowest BCUT2D eigenvalue weighted by molar-refractivity contribution is 0.593. The summed E-state index contributed by atoms with van der Waals surface area (Å²) in [6.07, 6.45) is 0.